The summed E-state index contributed by atoms with van der Waals surface area (Å²) in [7, 11) is 0. The Morgan fingerprint density at radius 2 is 2.11 bits per heavy atom. The van der Waals surface area contributed by atoms with Gasteiger partial charge < -0.3 is 5.32 Å². The van der Waals surface area contributed by atoms with Gasteiger partial charge in [-0.2, -0.15) is 0 Å². The minimum absolute atomic E-state index is 0.630. The summed E-state index contributed by atoms with van der Waals surface area (Å²) in [6, 6.07) is 10.3. The summed E-state index contributed by atoms with van der Waals surface area (Å²) in [5.74, 6) is 0.772. The highest BCUT2D eigenvalue weighted by Gasteiger charge is 2.30. The number of rotatable bonds is 2. The second kappa shape index (κ2) is 5.02. The molecule has 1 N–H and O–H groups in total. The first kappa shape index (κ1) is 12.2. The van der Waals surface area contributed by atoms with Crippen LogP contribution < -0.4 is 5.32 Å². The molecule has 1 aromatic rings. The van der Waals surface area contributed by atoms with Gasteiger partial charge in [0.1, 0.15) is 0 Å². The van der Waals surface area contributed by atoms with E-state index in [1.54, 1.807) is 11.1 Å². The van der Waals surface area contributed by atoms with Crippen LogP contribution in [0, 0.1) is 0 Å². The van der Waals surface area contributed by atoms with Gasteiger partial charge in [0, 0.05) is 31.1 Å². The zero-order valence-electron chi connectivity index (χ0n) is 11.5. The molecule has 2 heteroatoms. The number of hydrogen-bond donors (Lipinski definition) is 1. The van der Waals surface area contributed by atoms with Crippen LogP contribution in [0.15, 0.2) is 24.3 Å². The van der Waals surface area contributed by atoms with E-state index in [1.165, 1.54) is 32.5 Å². The number of nitrogens with one attached hydrogen (secondary N) is 1. The minimum Gasteiger partial charge on any atom is -0.313 e. The highest BCUT2D eigenvalue weighted by Crippen LogP contribution is 2.35. The summed E-state index contributed by atoms with van der Waals surface area (Å²) in [5.41, 5.74) is 3.16. The number of nitrogens with zero attached hydrogens (tertiary/aromatic N) is 1. The van der Waals surface area contributed by atoms with Crippen molar-refractivity contribution in [1.29, 1.82) is 0 Å². The van der Waals surface area contributed by atoms with Crippen molar-refractivity contribution in [3.05, 3.63) is 35.4 Å². The summed E-state index contributed by atoms with van der Waals surface area (Å²) in [5, 5.41) is 3.59. The molecule has 3 unspecified atom stereocenters. The molecule has 1 aliphatic heterocycles. The Hall–Kier alpha value is -0.860. The van der Waals surface area contributed by atoms with E-state index in [9.17, 15) is 0 Å². The molecule has 3 atom stereocenters. The van der Waals surface area contributed by atoms with E-state index >= 15 is 0 Å². The van der Waals surface area contributed by atoms with Crippen molar-refractivity contribution in [1.82, 2.24) is 10.2 Å². The van der Waals surface area contributed by atoms with Crippen LogP contribution in [0.4, 0.5) is 0 Å². The fourth-order valence-electron chi connectivity index (χ4n) is 3.38. The van der Waals surface area contributed by atoms with Gasteiger partial charge in [0.05, 0.1) is 0 Å². The maximum Gasteiger partial charge on any atom is 0.0166 e. The van der Waals surface area contributed by atoms with Crippen LogP contribution in [0.25, 0.3) is 0 Å². The lowest BCUT2D eigenvalue weighted by Gasteiger charge is -2.37. The Labute approximate surface area is 110 Å². The van der Waals surface area contributed by atoms with Gasteiger partial charge in [0.25, 0.3) is 0 Å². The molecule has 2 nitrogen and oxygen atoms in total. The van der Waals surface area contributed by atoms with E-state index < -0.39 is 0 Å². The van der Waals surface area contributed by atoms with Crippen molar-refractivity contribution in [3.63, 3.8) is 0 Å². The smallest absolute Gasteiger partial charge is 0.0166 e. The van der Waals surface area contributed by atoms with E-state index in [4.69, 9.17) is 0 Å². The summed E-state index contributed by atoms with van der Waals surface area (Å²) in [6.45, 7) is 8.29. The van der Waals surface area contributed by atoms with E-state index in [0.717, 1.165) is 12.0 Å². The van der Waals surface area contributed by atoms with Crippen molar-refractivity contribution in [2.24, 2.45) is 0 Å². The Kier molecular flexibility index (Phi) is 3.40. The van der Waals surface area contributed by atoms with Crippen LogP contribution in [0.3, 0.4) is 0 Å². The van der Waals surface area contributed by atoms with Gasteiger partial charge in [-0.05, 0) is 44.4 Å². The van der Waals surface area contributed by atoms with Gasteiger partial charge >= 0.3 is 0 Å². The topological polar surface area (TPSA) is 15.3 Å². The van der Waals surface area contributed by atoms with Crippen LogP contribution in [0.1, 0.15) is 37.3 Å². The highest BCUT2D eigenvalue weighted by atomic mass is 15.2. The highest BCUT2D eigenvalue weighted by molar-refractivity contribution is 5.40. The Balaban J connectivity index is 1.66. The number of hydrogen-bond acceptors (Lipinski definition) is 2. The van der Waals surface area contributed by atoms with Gasteiger partial charge in [0.15, 0.2) is 0 Å². The Bertz CT molecular complexity index is 415. The molecule has 0 radical (unpaired) electrons. The summed E-state index contributed by atoms with van der Waals surface area (Å²) >= 11 is 0. The third-order valence-corrected chi connectivity index (χ3v) is 4.60. The van der Waals surface area contributed by atoms with Gasteiger partial charge in [-0.25, -0.2) is 0 Å². The standard InChI is InChI=1S/C16H24N2/c1-12-10-18(13(2)7-8-17-12)11-15-9-14-5-3-4-6-16(14)15/h3-6,12-13,15,17H,7-11H2,1-2H3. The van der Waals surface area contributed by atoms with Crippen LogP contribution in [-0.2, 0) is 6.42 Å². The minimum atomic E-state index is 0.630. The third kappa shape index (κ3) is 2.32. The average Bonchev–Trinajstić information content (AvgIpc) is 2.48. The quantitative estimate of drug-likeness (QED) is 0.859. The molecule has 0 spiro atoms. The van der Waals surface area contributed by atoms with Crippen molar-refractivity contribution >= 4 is 0 Å². The summed E-state index contributed by atoms with van der Waals surface area (Å²) < 4.78 is 0. The molecule has 0 amide bonds. The largest absolute Gasteiger partial charge is 0.313 e. The molecule has 18 heavy (non-hydrogen) atoms. The first-order valence-corrected chi connectivity index (χ1v) is 7.29. The van der Waals surface area contributed by atoms with E-state index in [0.29, 0.717) is 6.04 Å². The van der Waals surface area contributed by atoms with Crippen LogP contribution >= 0.6 is 0 Å². The lowest BCUT2D eigenvalue weighted by atomic mass is 9.77. The van der Waals surface area contributed by atoms with Gasteiger partial charge in [0.2, 0.25) is 0 Å². The first-order chi connectivity index (χ1) is 8.74. The monoisotopic (exact) mass is 244 g/mol. The van der Waals surface area contributed by atoms with E-state index in [2.05, 4.69) is 48.3 Å². The van der Waals surface area contributed by atoms with Crippen molar-refractivity contribution in [2.75, 3.05) is 19.6 Å². The molecule has 1 heterocycles. The SMILES string of the molecule is CC1CN(CC2Cc3ccccc32)C(C)CCN1. The fraction of sp³-hybridized carbons (Fsp3) is 0.625. The third-order valence-electron chi connectivity index (χ3n) is 4.60. The zero-order valence-corrected chi connectivity index (χ0v) is 11.5. The molecule has 2 aliphatic rings. The van der Waals surface area contributed by atoms with Crippen molar-refractivity contribution in [3.8, 4) is 0 Å². The number of fused-ring (bicyclic) bond motifs is 1. The Morgan fingerprint density at radius 1 is 1.28 bits per heavy atom. The molecule has 0 bridgehead atoms. The molecule has 98 valence electrons. The molecular formula is C16H24N2. The zero-order chi connectivity index (χ0) is 12.5. The molecular weight excluding hydrogens is 220 g/mol. The molecule has 1 aliphatic carbocycles. The maximum absolute atomic E-state index is 3.59. The lowest BCUT2D eigenvalue weighted by molar-refractivity contribution is 0.189. The molecule has 1 fully saturated rings. The predicted octanol–water partition coefficient (Wildman–Crippen LogP) is 2.40. The molecule has 0 aromatic heterocycles. The van der Waals surface area contributed by atoms with Crippen molar-refractivity contribution < 1.29 is 0 Å². The predicted molar refractivity (Wildman–Crippen MR) is 76.0 cm³/mol. The van der Waals surface area contributed by atoms with Gasteiger partial charge in [-0.1, -0.05) is 24.3 Å². The first-order valence-electron chi connectivity index (χ1n) is 7.29. The summed E-state index contributed by atoms with van der Waals surface area (Å²) in [4.78, 5) is 2.69. The molecule has 1 saturated heterocycles. The van der Waals surface area contributed by atoms with Gasteiger partial charge in [-0.3, -0.25) is 4.90 Å². The number of benzene rings is 1. The van der Waals surface area contributed by atoms with Crippen LogP contribution in [-0.4, -0.2) is 36.6 Å². The van der Waals surface area contributed by atoms with Crippen LogP contribution in [0.5, 0.6) is 0 Å². The molecule has 1 aromatic carbocycles. The fourth-order valence-corrected chi connectivity index (χ4v) is 3.38. The maximum atomic E-state index is 3.59. The molecule has 3 rings (SSSR count). The second-order valence-corrected chi connectivity index (χ2v) is 6.05. The van der Waals surface area contributed by atoms with Crippen molar-refractivity contribution in [2.45, 2.75) is 44.7 Å². The van der Waals surface area contributed by atoms with Crippen LogP contribution in [0.2, 0.25) is 0 Å². The van der Waals surface area contributed by atoms with Gasteiger partial charge in [-0.15, -0.1) is 0 Å². The van der Waals surface area contributed by atoms with E-state index in [-0.39, 0.29) is 0 Å². The molecule has 0 saturated carbocycles. The Morgan fingerprint density at radius 3 is 2.94 bits per heavy atom. The average molecular weight is 244 g/mol. The lowest BCUT2D eigenvalue weighted by Crippen LogP contribution is -2.42. The second-order valence-electron chi connectivity index (χ2n) is 6.05. The summed E-state index contributed by atoms with van der Waals surface area (Å²) in [6.07, 6.45) is 2.56. The normalized spacial score (nSPS) is 32.4. The van der Waals surface area contributed by atoms with E-state index in [1.807, 2.05) is 0 Å².